The Labute approximate surface area is 115 Å². The summed E-state index contributed by atoms with van der Waals surface area (Å²) in [4.78, 5) is 11.7. The maximum atomic E-state index is 11.7. The van der Waals surface area contributed by atoms with Crippen LogP contribution in [-0.2, 0) is 4.74 Å². The second kappa shape index (κ2) is 5.24. The molecule has 1 amide bonds. The molecule has 2 rings (SSSR count). The van der Waals surface area contributed by atoms with Gasteiger partial charge in [-0.25, -0.2) is 4.79 Å². The SMILES string of the molecule is C[C@@H](NC(=O)OC(C)(C)C)c1cccc(C2CC2)c1. The van der Waals surface area contributed by atoms with Crippen molar-refractivity contribution < 1.29 is 9.53 Å². The Morgan fingerprint density at radius 2 is 2.05 bits per heavy atom. The molecule has 0 unspecified atom stereocenters. The molecule has 1 fully saturated rings. The second-order valence-electron chi connectivity index (χ2n) is 6.31. The third-order valence-electron chi connectivity index (χ3n) is 3.19. The Kier molecular flexibility index (Phi) is 3.83. The van der Waals surface area contributed by atoms with Crippen LogP contribution in [0.25, 0.3) is 0 Å². The zero-order valence-corrected chi connectivity index (χ0v) is 12.2. The molecule has 1 saturated carbocycles. The van der Waals surface area contributed by atoms with Gasteiger partial charge in [-0.2, -0.15) is 0 Å². The quantitative estimate of drug-likeness (QED) is 0.887. The summed E-state index contributed by atoms with van der Waals surface area (Å²) < 4.78 is 5.27. The van der Waals surface area contributed by atoms with E-state index in [1.54, 1.807) is 0 Å². The van der Waals surface area contributed by atoms with Gasteiger partial charge in [0.25, 0.3) is 0 Å². The average molecular weight is 261 g/mol. The van der Waals surface area contributed by atoms with E-state index in [2.05, 4.69) is 23.5 Å². The molecule has 1 aromatic carbocycles. The van der Waals surface area contributed by atoms with E-state index in [9.17, 15) is 4.79 Å². The zero-order chi connectivity index (χ0) is 14.0. The highest BCUT2D eigenvalue weighted by molar-refractivity contribution is 5.68. The van der Waals surface area contributed by atoms with Crippen molar-refractivity contribution >= 4 is 6.09 Å². The molecule has 3 heteroatoms. The van der Waals surface area contributed by atoms with Crippen LogP contribution >= 0.6 is 0 Å². The highest BCUT2D eigenvalue weighted by atomic mass is 16.6. The fourth-order valence-corrected chi connectivity index (χ4v) is 2.07. The molecule has 1 atom stereocenters. The molecule has 3 nitrogen and oxygen atoms in total. The van der Waals surface area contributed by atoms with Crippen LogP contribution in [0.4, 0.5) is 4.79 Å². The zero-order valence-electron chi connectivity index (χ0n) is 12.2. The van der Waals surface area contributed by atoms with E-state index in [0.29, 0.717) is 0 Å². The summed E-state index contributed by atoms with van der Waals surface area (Å²) >= 11 is 0. The molecule has 0 aromatic heterocycles. The monoisotopic (exact) mass is 261 g/mol. The molecule has 1 N–H and O–H groups in total. The molecule has 0 radical (unpaired) electrons. The summed E-state index contributed by atoms with van der Waals surface area (Å²) in [5.74, 6) is 0.730. The summed E-state index contributed by atoms with van der Waals surface area (Å²) in [6.07, 6.45) is 2.21. The van der Waals surface area contributed by atoms with Gasteiger partial charge in [-0.15, -0.1) is 0 Å². The van der Waals surface area contributed by atoms with Crippen LogP contribution in [0.2, 0.25) is 0 Å². The fourth-order valence-electron chi connectivity index (χ4n) is 2.07. The summed E-state index contributed by atoms with van der Waals surface area (Å²) in [7, 11) is 0. The largest absolute Gasteiger partial charge is 0.444 e. The number of benzene rings is 1. The number of amides is 1. The predicted octanol–water partition coefficient (Wildman–Crippen LogP) is 4.15. The minimum atomic E-state index is -0.459. The van der Waals surface area contributed by atoms with Crippen molar-refractivity contribution in [3.05, 3.63) is 35.4 Å². The van der Waals surface area contributed by atoms with Crippen molar-refractivity contribution in [1.29, 1.82) is 0 Å². The Balaban J connectivity index is 1.97. The number of hydrogen-bond donors (Lipinski definition) is 1. The predicted molar refractivity (Wildman–Crippen MR) is 76.2 cm³/mol. The van der Waals surface area contributed by atoms with E-state index in [0.717, 1.165) is 11.5 Å². The second-order valence-corrected chi connectivity index (χ2v) is 6.31. The van der Waals surface area contributed by atoms with E-state index in [1.807, 2.05) is 33.8 Å². The summed E-state index contributed by atoms with van der Waals surface area (Å²) in [6.45, 7) is 7.58. The minimum Gasteiger partial charge on any atom is -0.444 e. The van der Waals surface area contributed by atoms with Crippen molar-refractivity contribution in [3.63, 3.8) is 0 Å². The Morgan fingerprint density at radius 3 is 2.63 bits per heavy atom. The van der Waals surface area contributed by atoms with Crippen LogP contribution in [0, 0.1) is 0 Å². The van der Waals surface area contributed by atoms with Gasteiger partial charge in [-0.05, 0) is 57.6 Å². The summed E-state index contributed by atoms with van der Waals surface area (Å²) in [5, 5.41) is 2.88. The molecular formula is C16H23NO2. The number of rotatable bonds is 3. The van der Waals surface area contributed by atoms with Crippen LogP contribution in [-0.4, -0.2) is 11.7 Å². The number of nitrogens with one attached hydrogen (secondary N) is 1. The van der Waals surface area contributed by atoms with Gasteiger partial charge in [0.05, 0.1) is 6.04 Å². The maximum Gasteiger partial charge on any atom is 0.408 e. The molecule has 19 heavy (non-hydrogen) atoms. The fraction of sp³-hybridized carbons (Fsp3) is 0.562. The average Bonchev–Trinajstić information content (AvgIpc) is 3.10. The molecule has 0 heterocycles. The lowest BCUT2D eigenvalue weighted by molar-refractivity contribution is 0.0508. The van der Waals surface area contributed by atoms with Crippen LogP contribution in [0.15, 0.2) is 24.3 Å². The van der Waals surface area contributed by atoms with Crippen molar-refractivity contribution in [2.24, 2.45) is 0 Å². The molecule has 1 aliphatic rings. The van der Waals surface area contributed by atoms with Crippen LogP contribution in [0.1, 0.15) is 63.6 Å². The highest BCUT2D eigenvalue weighted by Gasteiger charge is 2.24. The molecule has 0 bridgehead atoms. The van der Waals surface area contributed by atoms with Gasteiger partial charge in [0, 0.05) is 0 Å². The third-order valence-corrected chi connectivity index (χ3v) is 3.19. The number of ether oxygens (including phenoxy) is 1. The van der Waals surface area contributed by atoms with Crippen molar-refractivity contribution in [2.45, 2.75) is 58.1 Å². The van der Waals surface area contributed by atoms with Gasteiger partial charge in [0.2, 0.25) is 0 Å². The lowest BCUT2D eigenvalue weighted by Crippen LogP contribution is -2.34. The van der Waals surface area contributed by atoms with E-state index >= 15 is 0 Å². The topological polar surface area (TPSA) is 38.3 Å². The molecular weight excluding hydrogens is 238 g/mol. The van der Waals surface area contributed by atoms with E-state index in [4.69, 9.17) is 4.74 Å². The number of carbonyl (C=O) groups is 1. The van der Waals surface area contributed by atoms with Gasteiger partial charge in [-0.3, -0.25) is 0 Å². The van der Waals surface area contributed by atoms with Gasteiger partial charge in [0.15, 0.2) is 0 Å². The van der Waals surface area contributed by atoms with Crippen molar-refractivity contribution in [1.82, 2.24) is 5.32 Å². The lowest BCUT2D eigenvalue weighted by Gasteiger charge is -2.22. The van der Waals surface area contributed by atoms with E-state index < -0.39 is 5.60 Å². The van der Waals surface area contributed by atoms with Gasteiger partial charge >= 0.3 is 6.09 Å². The van der Waals surface area contributed by atoms with Crippen molar-refractivity contribution in [3.8, 4) is 0 Å². The van der Waals surface area contributed by atoms with Gasteiger partial charge < -0.3 is 10.1 Å². The summed E-state index contributed by atoms with van der Waals surface area (Å²) in [6, 6.07) is 8.44. The Bertz CT molecular complexity index is 458. The smallest absolute Gasteiger partial charge is 0.408 e. The molecule has 1 aliphatic carbocycles. The highest BCUT2D eigenvalue weighted by Crippen LogP contribution is 2.40. The van der Waals surface area contributed by atoms with Gasteiger partial charge in [0.1, 0.15) is 5.60 Å². The first-order valence-corrected chi connectivity index (χ1v) is 6.94. The summed E-state index contributed by atoms with van der Waals surface area (Å²) in [5.41, 5.74) is 2.06. The number of hydrogen-bond acceptors (Lipinski definition) is 2. The Morgan fingerprint density at radius 1 is 1.37 bits per heavy atom. The normalized spacial score (nSPS) is 16.8. The Hall–Kier alpha value is -1.51. The first-order chi connectivity index (χ1) is 8.85. The van der Waals surface area contributed by atoms with Crippen LogP contribution < -0.4 is 5.32 Å². The van der Waals surface area contributed by atoms with Crippen LogP contribution in [0.3, 0.4) is 0 Å². The minimum absolute atomic E-state index is 0.0338. The number of alkyl carbamates (subject to hydrolysis) is 1. The molecule has 0 spiro atoms. The van der Waals surface area contributed by atoms with E-state index in [-0.39, 0.29) is 12.1 Å². The molecule has 104 valence electrons. The molecule has 0 aliphatic heterocycles. The molecule has 0 saturated heterocycles. The van der Waals surface area contributed by atoms with Crippen molar-refractivity contribution in [2.75, 3.05) is 0 Å². The maximum absolute atomic E-state index is 11.7. The van der Waals surface area contributed by atoms with Gasteiger partial charge in [-0.1, -0.05) is 24.3 Å². The van der Waals surface area contributed by atoms with Crippen LogP contribution in [0.5, 0.6) is 0 Å². The first-order valence-electron chi connectivity index (χ1n) is 6.94. The lowest BCUT2D eigenvalue weighted by atomic mass is 10.0. The molecule has 1 aromatic rings. The first kappa shape index (κ1) is 13.9. The third kappa shape index (κ3) is 4.27. The van der Waals surface area contributed by atoms with E-state index in [1.165, 1.54) is 18.4 Å². The number of carbonyl (C=O) groups excluding carboxylic acids is 1. The standard InChI is InChI=1S/C16H23NO2/c1-11(17-15(18)19-16(2,3)4)13-6-5-7-14(10-13)12-8-9-12/h5-7,10-12H,8-9H2,1-4H3,(H,17,18)/t11-/m1/s1.